The first-order valence-electron chi connectivity index (χ1n) is 11.4. The lowest BCUT2D eigenvalue weighted by Gasteiger charge is -2.37. The van der Waals surface area contributed by atoms with E-state index in [1.807, 2.05) is 11.8 Å². The van der Waals surface area contributed by atoms with Crippen LogP contribution in [-0.2, 0) is 15.7 Å². The number of carbonyl (C=O) groups is 1. The molecular formula is C23H34F3N3O2. The summed E-state index contributed by atoms with van der Waals surface area (Å²) in [4.78, 5) is 16.2. The molecule has 1 N–H and O–H groups in total. The first-order chi connectivity index (χ1) is 14.8. The average molecular weight is 442 g/mol. The number of halogens is 3. The first-order valence-corrected chi connectivity index (χ1v) is 11.4. The molecular weight excluding hydrogens is 407 g/mol. The van der Waals surface area contributed by atoms with E-state index in [9.17, 15) is 18.0 Å². The molecule has 174 valence electrons. The van der Waals surface area contributed by atoms with Crippen LogP contribution in [0, 0.1) is 5.92 Å². The molecule has 3 rings (SSSR count). The molecule has 1 heterocycles. The van der Waals surface area contributed by atoms with Crippen molar-refractivity contribution >= 4 is 11.6 Å². The van der Waals surface area contributed by atoms with Gasteiger partial charge in [-0.2, -0.15) is 13.2 Å². The lowest BCUT2D eigenvalue weighted by Crippen LogP contribution is -2.47. The molecule has 1 saturated heterocycles. The van der Waals surface area contributed by atoms with Crippen molar-refractivity contribution < 1.29 is 22.7 Å². The smallest absolute Gasteiger partial charge is 0.372 e. The number of alkyl halides is 3. The fourth-order valence-corrected chi connectivity index (χ4v) is 4.53. The second-order valence-electron chi connectivity index (χ2n) is 8.59. The van der Waals surface area contributed by atoms with Crippen LogP contribution < -0.4 is 10.2 Å². The number of nitrogens with zero attached hydrogens (tertiary/aromatic N) is 2. The monoisotopic (exact) mass is 441 g/mol. The molecule has 0 atom stereocenters. The Bertz CT molecular complexity index is 698. The summed E-state index contributed by atoms with van der Waals surface area (Å²) in [5, 5.41) is 3.06. The van der Waals surface area contributed by atoms with Crippen LogP contribution in [0.3, 0.4) is 0 Å². The zero-order valence-electron chi connectivity index (χ0n) is 18.3. The van der Waals surface area contributed by atoms with E-state index in [0.29, 0.717) is 18.2 Å². The molecule has 2 aliphatic rings. The van der Waals surface area contributed by atoms with Crippen LogP contribution in [0.4, 0.5) is 18.9 Å². The van der Waals surface area contributed by atoms with Gasteiger partial charge in [-0.1, -0.05) is 6.07 Å². The van der Waals surface area contributed by atoms with Gasteiger partial charge in [0.1, 0.15) is 6.61 Å². The zero-order valence-corrected chi connectivity index (χ0v) is 18.3. The summed E-state index contributed by atoms with van der Waals surface area (Å²) in [6.07, 6.45) is 1.14. The molecule has 1 aliphatic carbocycles. The molecule has 1 aromatic carbocycles. The Labute approximate surface area is 182 Å². The third-order valence-corrected chi connectivity index (χ3v) is 6.41. The van der Waals surface area contributed by atoms with Crippen molar-refractivity contribution in [2.45, 2.75) is 51.2 Å². The van der Waals surface area contributed by atoms with Crippen molar-refractivity contribution in [1.82, 2.24) is 10.2 Å². The highest BCUT2D eigenvalue weighted by Crippen LogP contribution is 2.32. The summed E-state index contributed by atoms with van der Waals surface area (Å²) in [7, 11) is 0. The fourth-order valence-electron chi connectivity index (χ4n) is 4.53. The van der Waals surface area contributed by atoms with E-state index in [2.05, 4.69) is 10.2 Å². The number of hydrogen-bond acceptors (Lipinski definition) is 4. The third-order valence-electron chi connectivity index (χ3n) is 6.41. The number of hydrogen-bond donors (Lipinski definition) is 1. The number of rotatable bonds is 8. The Kier molecular flexibility index (Phi) is 8.60. The minimum absolute atomic E-state index is 0.0241. The number of piperazine rings is 1. The van der Waals surface area contributed by atoms with Crippen molar-refractivity contribution in [2.24, 2.45) is 5.92 Å². The summed E-state index contributed by atoms with van der Waals surface area (Å²) >= 11 is 0. The van der Waals surface area contributed by atoms with Gasteiger partial charge in [-0.25, -0.2) is 0 Å². The second kappa shape index (κ2) is 11.2. The Balaban J connectivity index is 1.35. The van der Waals surface area contributed by atoms with Gasteiger partial charge in [-0.15, -0.1) is 0 Å². The Morgan fingerprint density at radius 3 is 2.48 bits per heavy atom. The highest BCUT2D eigenvalue weighted by molar-refractivity contribution is 5.77. The van der Waals surface area contributed by atoms with E-state index >= 15 is 0 Å². The van der Waals surface area contributed by atoms with Crippen molar-refractivity contribution in [2.75, 3.05) is 50.8 Å². The fraction of sp³-hybridized carbons (Fsp3) is 0.696. The molecule has 0 unspecified atom stereocenters. The maximum Gasteiger partial charge on any atom is 0.416 e. The minimum atomic E-state index is -4.30. The standard InChI is InChI=1S/C23H34F3N3O2/c1-2-31-17-22(30)27-20-8-6-18(7-9-20)10-11-28-12-14-29(15-13-28)21-5-3-4-19(16-21)23(24,25)26/h3-5,16,18,20H,2,6-15,17H2,1H3,(H,27,30)/t18-,20-. The number of nitrogens with one attached hydrogen (secondary N) is 1. The Hall–Kier alpha value is -1.80. The molecule has 1 aromatic rings. The molecule has 1 saturated carbocycles. The molecule has 0 bridgehead atoms. The summed E-state index contributed by atoms with van der Waals surface area (Å²) in [5.41, 5.74) is 0.0660. The molecule has 31 heavy (non-hydrogen) atoms. The number of anilines is 1. The number of amides is 1. The Morgan fingerprint density at radius 1 is 1.13 bits per heavy atom. The Morgan fingerprint density at radius 2 is 1.84 bits per heavy atom. The first kappa shape index (κ1) is 23.9. The van der Waals surface area contributed by atoms with Gasteiger partial charge >= 0.3 is 6.18 Å². The molecule has 0 radical (unpaired) electrons. The van der Waals surface area contributed by atoms with E-state index in [1.165, 1.54) is 12.1 Å². The molecule has 8 heteroatoms. The molecule has 2 fully saturated rings. The predicted molar refractivity (Wildman–Crippen MR) is 115 cm³/mol. The summed E-state index contributed by atoms with van der Waals surface area (Å²) in [6, 6.07) is 5.89. The van der Waals surface area contributed by atoms with Crippen molar-refractivity contribution in [3.05, 3.63) is 29.8 Å². The van der Waals surface area contributed by atoms with Crippen LogP contribution in [0.2, 0.25) is 0 Å². The largest absolute Gasteiger partial charge is 0.416 e. The third kappa shape index (κ3) is 7.38. The summed E-state index contributed by atoms with van der Waals surface area (Å²) in [5.74, 6) is 0.658. The number of benzene rings is 1. The zero-order chi connectivity index (χ0) is 22.3. The molecule has 0 aromatic heterocycles. The van der Waals surface area contributed by atoms with Crippen LogP contribution in [-0.4, -0.2) is 62.8 Å². The maximum atomic E-state index is 13.0. The highest BCUT2D eigenvalue weighted by atomic mass is 19.4. The van der Waals surface area contributed by atoms with Crippen LogP contribution in [0.5, 0.6) is 0 Å². The van der Waals surface area contributed by atoms with Gasteiger partial charge in [0, 0.05) is 44.5 Å². The van der Waals surface area contributed by atoms with Crippen molar-refractivity contribution in [3.63, 3.8) is 0 Å². The highest BCUT2D eigenvalue weighted by Gasteiger charge is 2.31. The average Bonchev–Trinajstić information content (AvgIpc) is 2.77. The van der Waals surface area contributed by atoms with Gasteiger partial charge in [0.05, 0.1) is 5.56 Å². The number of carbonyl (C=O) groups excluding carboxylic acids is 1. The predicted octanol–water partition coefficient (Wildman–Crippen LogP) is 3.93. The number of ether oxygens (including phenoxy) is 1. The lowest BCUT2D eigenvalue weighted by molar-refractivity contribution is -0.137. The van der Waals surface area contributed by atoms with E-state index < -0.39 is 11.7 Å². The van der Waals surface area contributed by atoms with E-state index in [-0.39, 0.29) is 18.6 Å². The van der Waals surface area contributed by atoms with E-state index in [0.717, 1.165) is 70.9 Å². The van der Waals surface area contributed by atoms with Gasteiger partial charge < -0.3 is 15.0 Å². The van der Waals surface area contributed by atoms with E-state index in [1.54, 1.807) is 6.07 Å². The lowest BCUT2D eigenvalue weighted by atomic mass is 9.84. The van der Waals surface area contributed by atoms with Crippen LogP contribution >= 0.6 is 0 Å². The molecule has 1 aliphatic heterocycles. The quantitative estimate of drug-likeness (QED) is 0.664. The second-order valence-corrected chi connectivity index (χ2v) is 8.59. The van der Waals surface area contributed by atoms with Crippen LogP contribution in [0.25, 0.3) is 0 Å². The normalized spacial score (nSPS) is 23.0. The van der Waals surface area contributed by atoms with Gasteiger partial charge in [-0.3, -0.25) is 9.69 Å². The maximum absolute atomic E-state index is 13.0. The van der Waals surface area contributed by atoms with Crippen LogP contribution in [0.1, 0.15) is 44.6 Å². The van der Waals surface area contributed by atoms with Crippen molar-refractivity contribution in [3.8, 4) is 0 Å². The van der Waals surface area contributed by atoms with Gasteiger partial charge in [0.2, 0.25) is 5.91 Å². The molecule has 5 nitrogen and oxygen atoms in total. The van der Waals surface area contributed by atoms with Gasteiger partial charge in [0.25, 0.3) is 0 Å². The summed E-state index contributed by atoms with van der Waals surface area (Å²) < 4.78 is 44.0. The molecule has 0 spiro atoms. The van der Waals surface area contributed by atoms with Gasteiger partial charge in [0.15, 0.2) is 0 Å². The van der Waals surface area contributed by atoms with Crippen molar-refractivity contribution in [1.29, 1.82) is 0 Å². The topological polar surface area (TPSA) is 44.8 Å². The molecule has 1 amide bonds. The van der Waals surface area contributed by atoms with Crippen LogP contribution in [0.15, 0.2) is 24.3 Å². The SMILES string of the molecule is CCOCC(=O)N[C@H]1CC[C@H](CCN2CCN(c3cccc(C(F)(F)F)c3)CC2)CC1. The summed E-state index contributed by atoms with van der Waals surface area (Å²) in [6.45, 7) is 6.85. The van der Waals surface area contributed by atoms with E-state index in [4.69, 9.17) is 4.74 Å². The van der Waals surface area contributed by atoms with Gasteiger partial charge in [-0.05, 0) is 69.7 Å². The minimum Gasteiger partial charge on any atom is -0.372 e.